The van der Waals surface area contributed by atoms with Gasteiger partial charge in [0.05, 0.1) is 23.9 Å². The molecule has 0 radical (unpaired) electrons. The number of para-hydroxylation sites is 1. The summed E-state index contributed by atoms with van der Waals surface area (Å²) in [5.74, 6) is -0.00510. The maximum Gasteiger partial charge on any atom is 0.264 e. The van der Waals surface area contributed by atoms with Gasteiger partial charge in [0.15, 0.2) is 0 Å². The van der Waals surface area contributed by atoms with Crippen LogP contribution in [0.5, 0.6) is 5.75 Å². The van der Waals surface area contributed by atoms with E-state index in [1.807, 2.05) is 32.0 Å². The summed E-state index contributed by atoms with van der Waals surface area (Å²) in [6.07, 6.45) is 1.44. The fourth-order valence-electron chi connectivity index (χ4n) is 3.04. The molecule has 0 heterocycles. The van der Waals surface area contributed by atoms with Gasteiger partial charge in [-0.1, -0.05) is 29.8 Å². The molecule has 7 nitrogen and oxygen atoms in total. The fourth-order valence-corrected chi connectivity index (χ4v) is 4.58. The van der Waals surface area contributed by atoms with E-state index < -0.39 is 22.5 Å². The van der Waals surface area contributed by atoms with E-state index in [-0.39, 0.29) is 4.90 Å². The second kappa shape index (κ2) is 10.5. The van der Waals surface area contributed by atoms with Gasteiger partial charge >= 0.3 is 0 Å². The number of carbonyl (C=O) groups is 1. The van der Waals surface area contributed by atoms with Crippen LogP contribution in [0.1, 0.15) is 16.7 Å². The lowest BCUT2D eigenvalue weighted by Gasteiger charge is -2.24. The van der Waals surface area contributed by atoms with E-state index in [2.05, 4.69) is 10.5 Å². The quantitative estimate of drug-likeness (QED) is 0.380. The standard InChI is InChI=1S/C24H24ClN3O4S/c1-17-8-11-21(14-18(17)2)28(33(30,31)22-12-9-20(25)10-13-22)16-24(29)27-26-15-19-6-4-5-7-23(19)32-3/h4-15H,16H2,1-3H3,(H,27,29)/b26-15-. The van der Waals surface area contributed by atoms with Crippen LogP contribution in [-0.4, -0.2) is 34.2 Å². The second-order valence-corrected chi connectivity index (χ2v) is 9.57. The first kappa shape index (κ1) is 24.3. The zero-order valence-corrected chi connectivity index (χ0v) is 20.0. The monoisotopic (exact) mass is 485 g/mol. The average molecular weight is 486 g/mol. The largest absolute Gasteiger partial charge is 0.496 e. The van der Waals surface area contributed by atoms with Gasteiger partial charge in [-0.15, -0.1) is 0 Å². The number of sulfonamides is 1. The highest BCUT2D eigenvalue weighted by Crippen LogP contribution is 2.26. The number of nitrogens with zero attached hydrogens (tertiary/aromatic N) is 2. The summed E-state index contributed by atoms with van der Waals surface area (Å²) in [5.41, 5.74) is 5.34. The van der Waals surface area contributed by atoms with Crippen molar-refractivity contribution < 1.29 is 17.9 Å². The second-order valence-electron chi connectivity index (χ2n) is 7.27. The Balaban J connectivity index is 1.88. The summed E-state index contributed by atoms with van der Waals surface area (Å²) in [7, 11) is -2.51. The molecule has 3 aromatic carbocycles. The Kier molecular flexibility index (Phi) is 7.73. The molecule has 0 aromatic heterocycles. The van der Waals surface area contributed by atoms with Crippen LogP contribution in [0, 0.1) is 13.8 Å². The third-order valence-electron chi connectivity index (χ3n) is 5.00. The van der Waals surface area contributed by atoms with Crippen molar-refractivity contribution >= 4 is 39.4 Å². The van der Waals surface area contributed by atoms with Gasteiger partial charge < -0.3 is 4.74 Å². The van der Waals surface area contributed by atoms with Crippen LogP contribution in [0.15, 0.2) is 76.7 Å². The van der Waals surface area contributed by atoms with E-state index >= 15 is 0 Å². The van der Waals surface area contributed by atoms with Crippen LogP contribution in [0.2, 0.25) is 5.02 Å². The Morgan fingerprint density at radius 2 is 1.76 bits per heavy atom. The highest BCUT2D eigenvalue weighted by molar-refractivity contribution is 7.92. The first-order chi connectivity index (χ1) is 15.7. The molecule has 0 unspecified atom stereocenters. The van der Waals surface area contributed by atoms with Gasteiger partial charge in [-0.25, -0.2) is 13.8 Å². The summed E-state index contributed by atoms with van der Waals surface area (Å²) in [4.78, 5) is 12.7. The third-order valence-corrected chi connectivity index (χ3v) is 7.04. The highest BCUT2D eigenvalue weighted by Gasteiger charge is 2.27. The van der Waals surface area contributed by atoms with Crippen molar-refractivity contribution in [1.82, 2.24) is 5.43 Å². The van der Waals surface area contributed by atoms with Crippen molar-refractivity contribution in [2.75, 3.05) is 18.0 Å². The smallest absolute Gasteiger partial charge is 0.264 e. The number of aryl methyl sites for hydroxylation is 2. The predicted octanol–water partition coefficient (Wildman–Crippen LogP) is 4.31. The van der Waals surface area contributed by atoms with Crippen LogP contribution < -0.4 is 14.5 Å². The van der Waals surface area contributed by atoms with Crippen LogP contribution >= 0.6 is 11.6 Å². The number of methoxy groups -OCH3 is 1. The van der Waals surface area contributed by atoms with Gasteiger partial charge in [-0.2, -0.15) is 5.10 Å². The molecule has 0 saturated heterocycles. The Morgan fingerprint density at radius 1 is 1.06 bits per heavy atom. The number of hydrogen-bond acceptors (Lipinski definition) is 5. The zero-order valence-electron chi connectivity index (χ0n) is 18.4. The van der Waals surface area contributed by atoms with Crippen molar-refractivity contribution in [1.29, 1.82) is 0 Å². The molecular weight excluding hydrogens is 462 g/mol. The summed E-state index contributed by atoms with van der Waals surface area (Å²) in [6.45, 7) is 3.34. The van der Waals surface area contributed by atoms with Crippen molar-refractivity contribution in [3.8, 4) is 5.75 Å². The third kappa shape index (κ3) is 5.91. The highest BCUT2D eigenvalue weighted by atomic mass is 35.5. The van der Waals surface area contributed by atoms with Crippen LogP contribution in [0.4, 0.5) is 5.69 Å². The number of nitrogens with one attached hydrogen (secondary N) is 1. The molecule has 1 N–H and O–H groups in total. The number of amides is 1. The summed E-state index contributed by atoms with van der Waals surface area (Å²) >= 11 is 5.91. The zero-order chi connectivity index (χ0) is 24.0. The average Bonchev–Trinajstić information content (AvgIpc) is 2.80. The molecule has 0 aliphatic heterocycles. The van der Waals surface area contributed by atoms with E-state index in [9.17, 15) is 13.2 Å². The van der Waals surface area contributed by atoms with Gasteiger partial charge in [0.25, 0.3) is 15.9 Å². The van der Waals surface area contributed by atoms with E-state index in [0.29, 0.717) is 22.0 Å². The minimum absolute atomic E-state index is 0.0236. The van der Waals surface area contributed by atoms with Crippen LogP contribution in [0.3, 0.4) is 0 Å². The summed E-state index contributed by atoms with van der Waals surface area (Å²) < 4.78 is 33.1. The minimum atomic E-state index is -4.04. The van der Waals surface area contributed by atoms with E-state index in [4.69, 9.17) is 16.3 Å². The van der Waals surface area contributed by atoms with Gasteiger partial charge in [0.1, 0.15) is 12.3 Å². The SMILES string of the molecule is COc1ccccc1/C=N\NC(=O)CN(c1ccc(C)c(C)c1)S(=O)(=O)c1ccc(Cl)cc1. The minimum Gasteiger partial charge on any atom is -0.496 e. The Bertz CT molecular complexity index is 1280. The maximum absolute atomic E-state index is 13.4. The molecule has 0 saturated carbocycles. The summed E-state index contributed by atoms with van der Waals surface area (Å²) in [6, 6.07) is 18.2. The lowest BCUT2D eigenvalue weighted by Crippen LogP contribution is -2.39. The molecule has 172 valence electrons. The lowest BCUT2D eigenvalue weighted by atomic mass is 10.1. The predicted molar refractivity (Wildman–Crippen MR) is 131 cm³/mol. The van der Waals surface area contributed by atoms with E-state index in [1.54, 1.807) is 24.3 Å². The van der Waals surface area contributed by atoms with Gasteiger partial charge in [0.2, 0.25) is 0 Å². The van der Waals surface area contributed by atoms with Crippen molar-refractivity contribution in [3.63, 3.8) is 0 Å². The molecule has 3 rings (SSSR count). The van der Waals surface area contributed by atoms with Crippen LogP contribution in [-0.2, 0) is 14.8 Å². The Labute approximate surface area is 198 Å². The van der Waals surface area contributed by atoms with Gasteiger partial charge in [0, 0.05) is 10.6 Å². The lowest BCUT2D eigenvalue weighted by molar-refractivity contribution is -0.119. The van der Waals surface area contributed by atoms with Crippen molar-refractivity contribution in [2.45, 2.75) is 18.7 Å². The number of halogens is 1. The molecule has 33 heavy (non-hydrogen) atoms. The molecule has 3 aromatic rings. The number of benzene rings is 3. The number of ether oxygens (including phenoxy) is 1. The Morgan fingerprint density at radius 3 is 2.42 bits per heavy atom. The molecule has 0 spiro atoms. The van der Waals surface area contributed by atoms with E-state index in [0.717, 1.165) is 15.4 Å². The normalized spacial score (nSPS) is 11.4. The number of carbonyl (C=O) groups excluding carboxylic acids is 1. The molecule has 0 fully saturated rings. The maximum atomic E-state index is 13.4. The molecule has 0 aliphatic carbocycles. The first-order valence-electron chi connectivity index (χ1n) is 10.0. The molecule has 9 heteroatoms. The van der Waals surface area contributed by atoms with Crippen LogP contribution in [0.25, 0.3) is 0 Å². The molecular formula is C24H24ClN3O4S. The topological polar surface area (TPSA) is 88.1 Å². The number of hydrazone groups is 1. The number of hydrogen-bond donors (Lipinski definition) is 1. The molecule has 0 atom stereocenters. The van der Waals surface area contributed by atoms with Crippen molar-refractivity contribution in [3.05, 3.63) is 88.4 Å². The first-order valence-corrected chi connectivity index (χ1v) is 11.8. The molecule has 0 bridgehead atoms. The molecule has 0 aliphatic rings. The van der Waals surface area contributed by atoms with Gasteiger partial charge in [-0.05, 0) is 73.5 Å². The van der Waals surface area contributed by atoms with Crippen molar-refractivity contribution in [2.24, 2.45) is 5.10 Å². The fraction of sp³-hybridized carbons (Fsp3) is 0.167. The van der Waals surface area contributed by atoms with Gasteiger partial charge in [-0.3, -0.25) is 9.10 Å². The Hall–Kier alpha value is -3.36. The number of rotatable bonds is 8. The number of anilines is 1. The molecule has 1 amide bonds. The van der Waals surface area contributed by atoms with E-state index in [1.165, 1.54) is 37.6 Å². The summed E-state index contributed by atoms with van der Waals surface area (Å²) in [5, 5.41) is 4.36.